The van der Waals surface area contributed by atoms with Crippen molar-refractivity contribution in [2.75, 3.05) is 47.0 Å². The molecular weight excluding hydrogens is 407 g/mol. The van der Waals surface area contributed by atoms with E-state index in [1.165, 1.54) is 10.5 Å². The van der Waals surface area contributed by atoms with Crippen LogP contribution in [0.5, 0.6) is 0 Å². The molecule has 1 rings (SSSR count). The quantitative estimate of drug-likeness (QED) is 0.308. The first-order chi connectivity index (χ1) is 10.1. The van der Waals surface area contributed by atoms with Crippen molar-refractivity contribution < 1.29 is 0 Å². The zero-order chi connectivity index (χ0) is 15.7. The lowest BCUT2D eigenvalue weighted by molar-refractivity contribution is 0.353. The first kappa shape index (κ1) is 21.5. The SMILES string of the molecule is CCN(C)CCNC(=NC)N(C)Cc1ccc(SC)cc1.I. The van der Waals surface area contributed by atoms with E-state index >= 15 is 0 Å². The van der Waals surface area contributed by atoms with Crippen LogP contribution in [0.2, 0.25) is 0 Å². The minimum atomic E-state index is 0. The number of nitrogens with one attached hydrogen (secondary N) is 1. The first-order valence-electron chi connectivity index (χ1n) is 7.34. The van der Waals surface area contributed by atoms with Crippen molar-refractivity contribution in [1.82, 2.24) is 15.1 Å². The highest BCUT2D eigenvalue weighted by Gasteiger charge is 2.06. The maximum absolute atomic E-state index is 4.35. The van der Waals surface area contributed by atoms with Crippen LogP contribution in [-0.2, 0) is 6.54 Å². The molecule has 0 fully saturated rings. The van der Waals surface area contributed by atoms with Crippen LogP contribution in [0.4, 0.5) is 0 Å². The molecule has 0 heterocycles. The molecule has 0 aromatic heterocycles. The van der Waals surface area contributed by atoms with E-state index in [1.807, 2.05) is 7.05 Å². The zero-order valence-corrected chi connectivity index (χ0v) is 17.4. The second-order valence-electron chi connectivity index (χ2n) is 5.07. The minimum Gasteiger partial charge on any atom is -0.355 e. The van der Waals surface area contributed by atoms with Gasteiger partial charge in [0.15, 0.2) is 5.96 Å². The van der Waals surface area contributed by atoms with E-state index in [0.29, 0.717) is 0 Å². The van der Waals surface area contributed by atoms with E-state index in [2.05, 4.69) is 71.6 Å². The van der Waals surface area contributed by atoms with E-state index < -0.39 is 0 Å². The molecule has 0 radical (unpaired) electrons. The largest absolute Gasteiger partial charge is 0.355 e. The molecule has 0 saturated carbocycles. The summed E-state index contributed by atoms with van der Waals surface area (Å²) < 4.78 is 0. The summed E-state index contributed by atoms with van der Waals surface area (Å²) in [6.45, 7) is 6.02. The van der Waals surface area contributed by atoms with Crippen LogP contribution in [0.25, 0.3) is 0 Å². The molecule has 22 heavy (non-hydrogen) atoms. The fourth-order valence-electron chi connectivity index (χ4n) is 1.98. The van der Waals surface area contributed by atoms with E-state index in [-0.39, 0.29) is 24.0 Å². The van der Waals surface area contributed by atoms with Crippen molar-refractivity contribution in [3.8, 4) is 0 Å². The average Bonchev–Trinajstić information content (AvgIpc) is 2.51. The highest BCUT2D eigenvalue weighted by molar-refractivity contribution is 14.0. The van der Waals surface area contributed by atoms with Crippen molar-refractivity contribution in [3.05, 3.63) is 29.8 Å². The number of halogens is 1. The van der Waals surface area contributed by atoms with Crippen LogP contribution >= 0.6 is 35.7 Å². The molecule has 1 aromatic carbocycles. The van der Waals surface area contributed by atoms with Crippen molar-refractivity contribution in [2.24, 2.45) is 4.99 Å². The highest BCUT2D eigenvalue weighted by Crippen LogP contribution is 2.15. The summed E-state index contributed by atoms with van der Waals surface area (Å²) in [6.07, 6.45) is 2.10. The standard InChI is InChI=1S/C16H28N4S.HI/c1-6-19(3)12-11-18-16(17-2)20(4)13-14-7-9-15(21-5)10-8-14;/h7-10H,6,11-13H2,1-5H3,(H,17,18);1H. The van der Waals surface area contributed by atoms with Crippen molar-refractivity contribution in [3.63, 3.8) is 0 Å². The predicted molar refractivity (Wildman–Crippen MR) is 110 cm³/mol. The van der Waals surface area contributed by atoms with Gasteiger partial charge in [0.1, 0.15) is 0 Å². The molecule has 0 bridgehead atoms. The Hall–Kier alpha value is -0.470. The molecule has 0 aliphatic heterocycles. The molecule has 0 amide bonds. The van der Waals surface area contributed by atoms with Gasteiger partial charge in [0.05, 0.1) is 0 Å². The number of hydrogen-bond donors (Lipinski definition) is 1. The molecule has 0 unspecified atom stereocenters. The summed E-state index contributed by atoms with van der Waals surface area (Å²) in [5.41, 5.74) is 1.30. The molecule has 0 spiro atoms. The van der Waals surface area contributed by atoms with Crippen LogP contribution in [0.15, 0.2) is 34.2 Å². The number of thioether (sulfide) groups is 1. The molecule has 126 valence electrons. The normalized spacial score (nSPS) is 11.3. The van der Waals surface area contributed by atoms with E-state index in [9.17, 15) is 0 Å². The smallest absolute Gasteiger partial charge is 0.193 e. The third kappa shape index (κ3) is 7.69. The van der Waals surface area contributed by atoms with Gasteiger partial charge in [-0.2, -0.15) is 0 Å². The predicted octanol–water partition coefficient (Wildman–Crippen LogP) is 2.99. The van der Waals surface area contributed by atoms with Gasteiger partial charge in [0.25, 0.3) is 0 Å². The van der Waals surface area contributed by atoms with Crippen molar-refractivity contribution in [1.29, 1.82) is 0 Å². The Morgan fingerprint density at radius 2 is 1.86 bits per heavy atom. The van der Waals surface area contributed by atoms with Crippen LogP contribution in [0.3, 0.4) is 0 Å². The lowest BCUT2D eigenvalue weighted by Gasteiger charge is -2.23. The molecule has 0 atom stereocenters. The molecular formula is C16H29IN4S. The number of guanidine groups is 1. The monoisotopic (exact) mass is 436 g/mol. The zero-order valence-electron chi connectivity index (χ0n) is 14.3. The Balaban J connectivity index is 0.00000441. The maximum Gasteiger partial charge on any atom is 0.193 e. The summed E-state index contributed by atoms with van der Waals surface area (Å²) in [4.78, 5) is 10.1. The first-order valence-corrected chi connectivity index (χ1v) is 8.56. The number of nitrogens with zero attached hydrogens (tertiary/aromatic N) is 3. The summed E-state index contributed by atoms with van der Waals surface area (Å²) in [5.74, 6) is 0.938. The van der Waals surface area contributed by atoms with E-state index in [4.69, 9.17) is 0 Å². The van der Waals surface area contributed by atoms with Crippen molar-refractivity contribution >= 4 is 41.7 Å². The van der Waals surface area contributed by atoms with Crippen LogP contribution in [-0.4, -0.2) is 62.8 Å². The Kier molecular flexibility index (Phi) is 11.8. The average molecular weight is 436 g/mol. The van der Waals surface area contributed by atoms with Gasteiger partial charge < -0.3 is 15.1 Å². The van der Waals surface area contributed by atoms with Gasteiger partial charge in [0, 0.05) is 38.6 Å². The second-order valence-corrected chi connectivity index (χ2v) is 5.95. The molecule has 1 N–H and O–H groups in total. The van der Waals surface area contributed by atoms with Gasteiger partial charge >= 0.3 is 0 Å². The molecule has 1 aromatic rings. The Bertz CT molecular complexity index is 436. The fourth-order valence-corrected chi connectivity index (χ4v) is 2.39. The summed E-state index contributed by atoms with van der Waals surface area (Å²) >= 11 is 1.77. The molecule has 6 heteroatoms. The Morgan fingerprint density at radius 3 is 2.36 bits per heavy atom. The fraction of sp³-hybridized carbons (Fsp3) is 0.562. The Labute approximate surface area is 156 Å². The minimum absolute atomic E-state index is 0. The van der Waals surface area contributed by atoms with Crippen LogP contribution in [0, 0.1) is 0 Å². The van der Waals surface area contributed by atoms with Gasteiger partial charge in [-0.15, -0.1) is 35.7 Å². The van der Waals surface area contributed by atoms with Crippen molar-refractivity contribution in [2.45, 2.75) is 18.4 Å². The lowest BCUT2D eigenvalue weighted by atomic mass is 10.2. The molecule has 0 aliphatic rings. The van der Waals surface area contributed by atoms with E-state index in [1.54, 1.807) is 11.8 Å². The van der Waals surface area contributed by atoms with Crippen LogP contribution < -0.4 is 5.32 Å². The third-order valence-corrected chi connectivity index (χ3v) is 4.21. The lowest BCUT2D eigenvalue weighted by Crippen LogP contribution is -2.41. The third-order valence-electron chi connectivity index (χ3n) is 3.47. The second kappa shape index (κ2) is 12.0. The highest BCUT2D eigenvalue weighted by atomic mass is 127. The van der Waals surface area contributed by atoms with E-state index in [0.717, 1.165) is 32.1 Å². The van der Waals surface area contributed by atoms with Gasteiger partial charge in [-0.3, -0.25) is 4.99 Å². The number of hydrogen-bond acceptors (Lipinski definition) is 3. The van der Waals surface area contributed by atoms with Crippen LogP contribution in [0.1, 0.15) is 12.5 Å². The maximum atomic E-state index is 4.35. The number of rotatable bonds is 7. The Morgan fingerprint density at radius 1 is 1.23 bits per heavy atom. The topological polar surface area (TPSA) is 30.9 Å². The van der Waals surface area contributed by atoms with Gasteiger partial charge in [-0.1, -0.05) is 19.1 Å². The molecule has 0 saturated heterocycles. The van der Waals surface area contributed by atoms with Gasteiger partial charge in [-0.25, -0.2) is 0 Å². The summed E-state index contributed by atoms with van der Waals surface area (Å²) in [7, 11) is 6.03. The molecule has 0 aliphatic carbocycles. The summed E-state index contributed by atoms with van der Waals surface area (Å²) in [6, 6.07) is 8.70. The number of aliphatic imine (C=N–C) groups is 1. The van der Waals surface area contributed by atoms with Gasteiger partial charge in [-0.05, 0) is 37.5 Å². The van der Waals surface area contributed by atoms with Gasteiger partial charge in [0.2, 0.25) is 0 Å². The summed E-state index contributed by atoms with van der Waals surface area (Å²) in [5, 5.41) is 3.41. The number of likely N-dealkylation sites (N-methyl/N-ethyl adjacent to an activating group) is 1. The number of benzene rings is 1. The molecule has 4 nitrogen and oxygen atoms in total.